The van der Waals surface area contributed by atoms with E-state index in [0.717, 1.165) is 0 Å². The van der Waals surface area contributed by atoms with E-state index in [1.165, 1.54) is 35.1 Å². The van der Waals surface area contributed by atoms with Crippen molar-refractivity contribution in [1.29, 1.82) is 0 Å². The molecule has 2 aromatic carbocycles. The number of rotatable bonds is 8. The van der Waals surface area contributed by atoms with Crippen LogP contribution in [0.15, 0.2) is 48.5 Å². The van der Waals surface area contributed by atoms with Gasteiger partial charge in [-0.3, -0.25) is 0 Å². The Morgan fingerprint density at radius 2 is 1.67 bits per heavy atom. The fraction of sp³-hybridized carbons (Fsp3) is 0.409. The molecule has 2 aliphatic rings. The van der Waals surface area contributed by atoms with Crippen molar-refractivity contribution >= 4 is 6.09 Å². The SMILES string of the molecule is O=C(NCC(O)COCC1CC1)OCC1c2ccccc2-c2ccccc21. The number of hydrogen-bond acceptors (Lipinski definition) is 4. The quantitative estimate of drug-likeness (QED) is 0.751. The van der Waals surface area contributed by atoms with Gasteiger partial charge in [-0.1, -0.05) is 48.5 Å². The minimum atomic E-state index is -0.718. The van der Waals surface area contributed by atoms with Crippen LogP contribution in [0.3, 0.4) is 0 Å². The summed E-state index contributed by atoms with van der Waals surface area (Å²) in [5, 5.41) is 12.5. The Kier molecular flexibility index (Phi) is 5.41. The van der Waals surface area contributed by atoms with Crippen LogP contribution in [0.4, 0.5) is 4.79 Å². The normalized spacial score (nSPS) is 16.5. The van der Waals surface area contributed by atoms with Crippen LogP contribution in [-0.4, -0.2) is 43.7 Å². The lowest BCUT2D eigenvalue weighted by molar-refractivity contribution is 0.0318. The fourth-order valence-electron chi connectivity index (χ4n) is 3.56. The lowest BCUT2D eigenvalue weighted by Crippen LogP contribution is -2.35. The van der Waals surface area contributed by atoms with Gasteiger partial charge in [0.25, 0.3) is 0 Å². The molecule has 0 radical (unpaired) electrons. The molecule has 1 saturated carbocycles. The molecule has 0 heterocycles. The molecule has 0 aliphatic heterocycles. The van der Waals surface area contributed by atoms with E-state index in [0.29, 0.717) is 12.5 Å². The number of carbonyl (C=O) groups excluding carboxylic acids is 1. The lowest BCUT2D eigenvalue weighted by atomic mass is 9.98. The van der Waals surface area contributed by atoms with Gasteiger partial charge in [-0.25, -0.2) is 4.79 Å². The van der Waals surface area contributed by atoms with Crippen molar-refractivity contribution in [2.24, 2.45) is 5.92 Å². The first kappa shape index (κ1) is 18.0. The minimum absolute atomic E-state index is 0.0370. The van der Waals surface area contributed by atoms with Crippen LogP contribution in [0, 0.1) is 5.92 Å². The minimum Gasteiger partial charge on any atom is -0.449 e. The second kappa shape index (κ2) is 8.11. The van der Waals surface area contributed by atoms with Crippen LogP contribution in [0.1, 0.15) is 29.9 Å². The highest BCUT2D eigenvalue weighted by atomic mass is 16.5. The third-order valence-corrected chi connectivity index (χ3v) is 5.19. The molecule has 27 heavy (non-hydrogen) atoms. The van der Waals surface area contributed by atoms with Crippen molar-refractivity contribution in [2.45, 2.75) is 24.9 Å². The Morgan fingerprint density at radius 3 is 2.30 bits per heavy atom. The summed E-state index contributed by atoms with van der Waals surface area (Å²) in [6.45, 7) is 1.33. The van der Waals surface area contributed by atoms with Gasteiger partial charge < -0.3 is 19.9 Å². The average Bonchev–Trinajstić information content (AvgIpc) is 3.46. The summed E-state index contributed by atoms with van der Waals surface area (Å²) in [6.07, 6.45) is 1.20. The van der Waals surface area contributed by atoms with Gasteiger partial charge in [-0.15, -0.1) is 0 Å². The van der Waals surface area contributed by atoms with E-state index in [4.69, 9.17) is 9.47 Å². The Labute approximate surface area is 159 Å². The topological polar surface area (TPSA) is 67.8 Å². The van der Waals surface area contributed by atoms with Gasteiger partial charge in [0.2, 0.25) is 0 Å². The molecule has 0 spiro atoms. The summed E-state index contributed by atoms with van der Waals surface area (Å²) in [7, 11) is 0. The number of hydrogen-bond donors (Lipinski definition) is 2. The molecule has 1 atom stereocenters. The van der Waals surface area contributed by atoms with Gasteiger partial charge in [0.15, 0.2) is 0 Å². The van der Waals surface area contributed by atoms with E-state index in [2.05, 4.69) is 29.6 Å². The van der Waals surface area contributed by atoms with Gasteiger partial charge in [0.05, 0.1) is 12.7 Å². The summed E-state index contributed by atoms with van der Waals surface area (Å²) >= 11 is 0. The number of nitrogens with one attached hydrogen (secondary N) is 1. The molecule has 0 aromatic heterocycles. The fourth-order valence-corrected chi connectivity index (χ4v) is 3.56. The van der Waals surface area contributed by atoms with Crippen LogP contribution in [0.5, 0.6) is 0 Å². The Morgan fingerprint density at radius 1 is 1.04 bits per heavy atom. The van der Waals surface area contributed by atoms with Crippen LogP contribution in [0.25, 0.3) is 11.1 Å². The van der Waals surface area contributed by atoms with E-state index >= 15 is 0 Å². The summed E-state index contributed by atoms with van der Waals surface area (Å²) in [6, 6.07) is 16.4. The maximum absolute atomic E-state index is 12.0. The number of ether oxygens (including phenoxy) is 2. The average molecular weight is 367 g/mol. The molecule has 5 nitrogen and oxygen atoms in total. The Balaban J connectivity index is 1.27. The maximum atomic E-state index is 12.0. The number of aliphatic hydroxyl groups excluding tert-OH is 1. The van der Waals surface area contributed by atoms with E-state index in [1.54, 1.807) is 0 Å². The highest BCUT2D eigenvalue weighted by molar-refractivity contribution is 5.79. The first-order valence-electron chi connectivity index (χ1n) is 9.57. The number of aliphatic hydroxyl groups is 1. The second-order valence-electron chi connectivity index (χ2n) is 7.34. The molecule has 2 aromatic rings. The summed E-state index contributed by atoms with van der Waals surface area (Å²) < 4.78 is 10.9. The molecule has 142 valence electrons. The van der Waals surface area contributed by atoms with Crippen molar-refractivity contribution in [3.8, 4) is 11.1 Å². The van der Waals surface area contributed by atoms with E-state index in [9.17, 15) is 9.90 Å². The van der Waals surface area contributed by atoms with Gasteiger partial charge >= 0.3 is 6.09 Å². The molecule has 2 aliphatic carbocycles. The monoisotopic (exact) mass is 367 g/mol. The van der Waals surface area contributed by atoms with Crippen molar-refractivity contribution in [3.05, 3.63) is 59.7 Å². The van der Waals surface area contributed by atoms with Crippen LogP contribution >= 0.6 is 0 Å². The van der Waals surface area contributed by atoms with Crippen LogP contribution in [-0.2, 0) is 9.47 Å². The highest BCUT2D eigenvalue weighted by Crippen LogP contribution is 2.44. The zero-order chi connectivity index (χ0) is 18.6. The predicted octanol–water partition coefficient (Wildman–Crippen LogP) is 3.31. The maximum Gasteiger partial charge on any atom is 0.407 e. The molecular weight excluding hydrogens is 342 g/mol. The molecule has 1 amide bonds. The molecule has 5 heteroatoms. The highest BCUT2D eigenvalue weighted by Gasteiger charge is 2.29. The number of amides is 1. The molecular formula is C22H25NO4. The Hall–Kier alpha value is -2.37. The van der Waals surface area contributed by atoms with E-state index in [1.807, 2.05) is 24.3 Å². The third kappa shape index (κ3) is 4.31. The molecule has 4 rings (SSSR count). The zero-order valence-corrected chi connectivity index (χ0v) is 15.3. The first-order chi connectivity index (χ1) is 13.2. The molecule has 2 N–H and O–H groups in total. The van der Waals surface area contributed by atoms with Crippen LogP contribution < -0.4 is 5.32 Å². The number of carbonyl (C=O) groups is 1. The number of alkyl carbamates (subject to hydrolysis) is 1. The Bertz CT molecular complexity index is 757. The van der Waals surface area contributed by atoms with E-state index in [-0.39, 0.29) is 25.7 Å². The van der Waals surface area contributed by atoms with Crippen molar-refractivity contribution < 1.29 is 19.4 Å². The summed E-state index contributed by atoms with van der Waals surface area (Å²) in [4.78, 5) is 12.0. The first-order valence-corrected chi connectivity index (χ1v) is 9.57. The summed E-state index contributed by atoms with van der Waals surface area (Å²) in [5.41, 5.74) is 4.76. The smallest absolute Gasteiger partial charge is 0.407 e. The summed E-state index contributed by atoms with van der Waals surface area (Å²) in [5.74, 6) is 0.697. The van der Waals surface area contributed by atoms with Gasteiger partial charge in [-0.05, 0) is 41.0 Å². The van der Waals surface area contributed by atoms with Crippen molar-refractivity contribution in [1.82, 2.24) is 5.32 Å². The zero-order valence-electron chi connectivity index (χ0n) is 15.3. The number of benzene rings is 2. The largest absolute Gasteiger partial charge is 0.449 e. The molecule has 0 bridgehead atoms. The van der Waals surface area contributed by atoms with Gasteiger partial charge in [0, 0.05) is 19.1 Å². The van der Waals surface area contributed by atoms with E-state index < -0.39 is 12.2 Å². The van der Waals surface area contributed by atoms with Crippen LogP contribution in [0.2, 0.25) is 0 Å². The third-order valence-electron chi connectivity index (χ3n) is 5.19. The predicted molar refractivity (Wildman–Crippen MR) is 103 cm³/mol. The molecule has 1 unspecified atom stereocenters. The van der Waals surface area contributed by atoms with Gasteiger partial charge in [0.1, 0.15) is 6.61 Å². The van der Waals surface area contributed by atoms with Gasteiger partial charge in [-0.2, -0.15) is 0 Å². The molecule has 1 fully saturated rings. The standard InChI is InChI=1S/C22H25NO4/c24-16(13-26-12-15-9-10-15)11-23-22(25)27-14-21-19-7-3-1-5-17(19)18-6-2-4-8-20(18)21/h1-8,15-16,21,24H,9-14H2,(H,23,25). The second-order valence-corrected chi connectivity index (χ2v) is 7.34. The lowest BCUT2D eigenvalue weighted by Gasteiger charge is -2.16. The van der Waals surface area contributed by atoms with Crippen molar-refractivity contribution in [2.75, 3.05) is 26.4 Å². The van der Waals surface area contributed by atoms with Crippen molar-refractivity contribution in [3.63, 3.8) is 0 Å². The molecule has 0 saturated heterocycles. The number of fused-ring (bicyclic) bond motifs is 3.